The van der Waals surface area contributed by atoms with Crippen molar-refractivity contribution in [2.45, 2.75) is 50.1 Å². The van der Waals surface area contributed by atoms with E-state index in [4.69, 9.17) is 4.99 Å². The lowest BCUT2D eigenvalue weighted by atomic mass is 9.79. The van der Waals surface area contributed by atoms with E-state index in [1.807, 2.05) is 34.9 Å². The maximum absolute atomic E-state index is 13.6. The van der Waals surface area contributed by atoms with Crippen LogP contribution in [0.25, 0.3) is 11.0 Å². The molecule has 1 aromatic heterocycles. The molecule has 3 heterocycles. The van der Waals surface area contributed by atoms with Gasteiger partial charge in [0, 0.05) is 31.5 Å². The van der Waals surface area contributed by atoms with Gasteiger partial charge in [0.1, 0.15) is 11.7 Å². The number of imidazole rings is 1. The second-order valence-corrected chi connectivity index (χ2v) is 9.71. The minimum Gasteiger partial charge on any atom is -0.313 e. The van der Waals surface area contributed by atoms with Crippen molar-refractivity contribution < 1.29 is 9.18 Å². The van der Waals surface area contributed by atoms with Crippen molar-refractivity contribution in [3.8, 4) is 0 Å². The normalized spacial score (nSPS) is 22.9. The number of amides is 1. The predicted molar refractivity (Wildman–Crippen MR) is 129 cm³/mol. The van der Waals surface area contributed by atoms with Crippen LogP contribution in [0.2, 0.25) is 0 Å². The zero-order chi connectivity index (χ0) is 23.2. The molecule has 176 valence electrons. The lowest BCUT2D eigenvalue weighted by Gasteiger charge is -2.32. The Labute approximate surface area is 196 Å². The van der Waals surface area contributed by atoms with Crippen LogP contribution in [0, 0.1) is 5.82 Å². The van der Waals surface area contributed by atoms with Crippen molar-refractivity contribution in [2.24, 2.45) is 4.99 Å². The zero-order valence-corrected chi connectivity index (χ0v) is 19.0. The van der Waals surface area contributed by atoms with Crippen LogP contribution in [0.5, 0.6) is 0 Å². The summed E-state index contributed by atoms with van der Waals surface area (Å²) < 4.78 is 15.5. The van der Waals surface area contributed by atoms with E-state index in [1.165, 1.54) is 11.6 Å². The standard InChI is InChI=1S/C26H28FN5O2/c27-17-6-7-19-16(13-17)5-8-21-20(19)14-24(28-21)30-25(33)15-31-11-9-18(10-12-31)32-23-4-2-1-3-22(23)29-26(32)34/h1-4,6-7,13,18,20-21H,5,8-12,14-15H2,(H,29,34)(H,28,30,33). The molecular formula is C26H28FN5O2. The molecule has 2 atom stereocenters. The summed E-state index contributed by atoms with van der Waals surface area (Å²) in [5.74, 6) is 0.740. The summed E-state index contributed by atoms with van der Waals surface area (Å²) in [6, 6.07) is 13.1. The van der Waals surface area contributed by atoms with Crippen LogP contribution in [0.15, 0.2) is 52.3 Å². The third-order valence-corrected chi connectivity index (χ3v) is 7.61. The van der Waals surface area contributed by atoms with Crippen molar-refractivity contribution in [3.05, 3.63) is 69.9 Å². The van der Waals surface area contributed by atoms with Crippen LogP contribution in [0.3, 0.4) is 0 Å². The van der Waals surface area contributed by atoms with Crippen molar-refractivity contribution in [2.75, 3.05) is 19.6 Å². The van der Waals surface area contributed by atoms with E-state index in [2.05, 4.69) is 15.2 Å². The number of nitrogens with one attached hydrogen (secondary N) is 2. The van der Waals surface area contributed by atoms with Gasteiger partial charge in [-0.2, -0.15) is 0 Å². The van der Waals surface area contributed by atoms with Gasteiger partial charge in [-0.05, 0) is 61.1 Å². The second-order valence-electron chi connectivity index (χ2n) is 9.71. The number of fused-ring (bicyclic) bond motifs is 4. The highest BCUT2D eigenvalue weighted by atomic mass is 19.1. The smallest absolute Gasteiger partial charge is 0.313 e. The molecule has 1 amide bonds. The Balaban J connectivity index is 1.05. The highest BCUT2D eigenvalue weighted by molar-refractivity contribution is 6.00. The maximum atomic E-state index is 13.6. The number of hydrogen-bond acceptors (Lipinski definition) is 4. The van der Waals surface area contributed by atoms with Crippen LogP contribution < -0.4 is 11.0 Å². The molecule has 7 nitrogen and oxygen atoms in total. The summed E-state index contributed by atoms with van der Waals surface area (Å²) in [6.07, 6.45) is 4.07. The molecule has 2 N–H and O–H groups in total. The predicted octanol–water partition coefficient (Wildman–Crippen LogP) is 3.12. The summed E-state index contributed by atoms with van der Waals surface area (Å²) in [5, 5.41) is 3.03. The first-order valence-corrected chi connectivity index (χ1v) is 12.1. The van der Waals surface area contributed by atoms with E-state index in [9.17, 15) is 14.0 Å². The number of benzene rings is 2. The molecule has 8 heteroatoms. The average molecular weight is 462 g/mol. The molecule has 2 aliphatic heterocycles. The maximum Gasteiger partial charge on any atom is 0.326 e. The van der Waals surface area contributed by atoms with E-state index in [0.717, 1.165) is 61.2 Å². The molecule has 0 bridgehead atoms. The summed E-state index contributed by atoms with van der Waals surface area (Å²) in [5.41, 5.74) is 3.97. The topological polar surface area (TPSA) is 82.5 Å². The molecule has 0 saturated carbocycles. The van der Waals surface area contributed by atoms with Gasteiger partial charge in [0.15, 0.2) is 0 Å². The number of amidine groups is 1. The molecule has 0 spiro atoms. The first-order valence-electron chi connectivity index (χ1n) is 12.1. The van der Waals surface area contributed by atoms with E-state index in [1.54, 1.807) is 6.07 Å². The number of carbonyl (C=O) groups is 1. The fourth-order valence-electron chi connectivity index (χ4n) is 5.99. The van der Waals surface area contributed by atoms with Gasteiger partial charge in [0.2, 0.25) is 5.91 Å². The number of para-hydroxylation sites is 2. The number of aromatic amines is 1. The SMILES string of the molecule is O=C(CN1CCC(n2c(=O)[nH]c3ccccc32)CC1)NC1=NC2CCc3cc(F)ccc3C2C1. The van der Waals surface area contributed by atoms with Crippen LogP contribution >= 0.6 is 0 Å². The van der Waals surface area contributed by atoms with Crippen LogP contribution in [0.4, 0.5) is 4.39 Å². The Hall–Kier alpha value is -3.26. The highest BCUT2D eigenvalue weighted by Gasteiger charge is 2.36. The van der Waals surface area contributed by atoms with Gasteiger partial charge >= 0.3 is 5.69 Å². The summed E-state index contributed by atoms with van der Waals surface area (Å²) in [6.45, 7) is 1.85. The van der Waals surface area contributed by atoms with E-state index in [0.29, 0.717) is 13.0 Å². The van der Waals surface area contributed by atoms with Gasteiger partial charge in [-0.25, -0.2) is 9.18 Å². The highest BCUT2D eigenvalue weighted by Crippen LogP contribution is 2.40. The quantitative estimate of drug-likeness (QED) is 0.629. The number of hydrogen-bond donors (Lipinski definition) is 2. The second kappa shape index (κ2) is 8.51. The number of carbonyl (C=O) groups excluding carboxylic acids is 1. The monoisotopic (exact) mass is 461 g/mol. The molecule has 3 aromatic rings. The Morgan fingerprint density at radius 3 is 2.82 bits per heavy atom. The first kappa shape index (κ1) is 21.3. The molecule has 3 aliphatic rings. The molecule has 1 saturated heterocycles. The molecule has 1 fully saturated rings. The Bertz CT molecular complexity index is 1330. The van der Waals surface area contributed by atoms with Gasteiger partial charge in [0.25, 0.3) is 0 Å². The largest absolute Gasteiger partial charge is 0.326 e. The number of nitrogens with zero attached hydrogens (tertiary/aromatic N) is 3. The van der Waals surface area contributed by atoms with Crippen molar-refractivity contribution in [3.63, 3.8) is 0 Å². The first-order chi connectivity index (χ1) is 16.5. The lowest BCUT2D eigenvalue weighted by molar-refractivity contribution is -0.121. The summed E-state index contributed by atoms with van der Waals surface area (Å²) >= 11 is 0. The lowest BCUT2D eigenvalue weighted by Crippen LogP contribution is -2.44. The minimum atomic E-state index is -0.192. The Morgan fingerprint density at radius 1 is 1.15 bits per heavy atom. The number of aliphatic imine (C=N–C) groups is 1. The minimum absolute atomic E-state index is 0.0422. The molecule has 6 rings (SSSR count). The molecular weight excluding hydrogens is 433 g/mol. The summed E-state index contributed by atoms with van der Waals surface area (Å²) in [4.78, 5) is 35.1. The summed E-state index contributed by atoms with van der Waals surface area (Å²) in [7, 11) is 0. The zero-order valence-electron chi connectivity index (χ0n) is 19.0. The van der Waals surface area contributed by atoms with Crippen molar-refractivity contribution >= 4 is 22.8 Å². The molecule has 1 aliphatic carbocycles. The van der Waals surface area contributed by atoms with E-state index >= 15 is 0 Å². The fourth-order valence-corrected chi connectivity index (χ4v) is 5.99. The van der Waals surface area contributed by atoms with Gasteiger partial charge in [-0.3, -0.25) is 19.3 Å². The number of likely N-dealkylation sites (tertiary alicyclic amines) is 1. The van der Waals surface area contributed by atoms with Gasteiger partial charge in [-0.1, -0.05) is 18.2 Å². The number of halogens is 1. The molecule has 34 heavy (non-hydrogen) atoms. The van der Waals surface area contributed by atoms with Gasteiger partial charge in [-0.15, -0.1) is 0 Å². The number of piperidine rings is 1. The fraction of sp³-hybridized carbons (Fsp3) is 0.423. The Morgan fingerprint density at radius 2 is 1.97 bits per heavy atom. The van der Waals surface area contributed by atoms with Crippen LogP contribution in [-0.2, 0) is 11.2 Å². The van der Waals surface area contributed by atoms with Crippen LogP contribution in [-0.4, -0.2) is 51.9 Å². The third kappa shape index (κ3) is 3.86. The Kier molecular flexibility index (Phi) is 5.32. The van der Waals surface area contributed by atoms with Crippen molar-refractivity contribution in [1.82, 2.24) is 19.8 Å². The van der Waals surface area contributed by atoms with Crippen LogP contribution in [0.1, 0.15) is 48.8 Å². The molecule has 0 radical (unpaired) electrons. The van der Waals surface area contributed by atoms with Gasteiger partial charge < -0.3 is 10.3 Å². The molecule has 2 unspecified atom stereocenters. The van der Waals surface area contributed by atoms with Gasteiger partial charge in [0.05, 0.1) is 23.6 Å². The number of rotatable bonds is 3. The average Bonchev–Trinajstić information content (AvgIpc) is 3.39. The number of aromatic nitrogens is 2. The van der Waals surface area contributed by atoms with E-state index < -0.39 is 0 Å². The molecule has 2 aromatic carbocycles. The van der Waals surface area contributed by atoms with Crippen molar-refractivity contribution in [1.29, 1.82) is 0 Å². The van der Waals surface area contributed by atoms with E-state index in [-0.39, 0.29) is 35.4 Å². The number of H-pyrrole nitrogens is 1. The number of aryl methyl sites for hydroxylation is 1. The third-order valence-electron chi connectivity index (χ3n) is 7.61.